The van der Waals surface area contributed by atoms with Gasteiger partial charge in [0.1, 0.15) is 24.7 Å². The first-order valence-electron chi connectivity index (χ1n) is 28.1. The Morgan fingerprint density at radius 1 is 0.489 bits per heavy atom. The molecule has 0 radical (unpaired) electrons. The lowest BCUT2D eigenvalue weighted by atomic mass is 9.73. The molecule has 8 aromatic carbocycles. The van der Waals surface area contributed by atoms with Crippen molar-refractivity contribution in [3.05, 3.63) is 236 Å². The molecular weight excluding hydrogens is 1210 g/mol. The number of non-ortho nitro benzene ring substituents is 2. The largest absolute Gasteiger partial charge is 0.460 e. The predicted molar refractivity (Wildman–Crippen MR) is 330 cm³/mol. The van der Waals surface area contributed by atoms with Crippen LogP contribution in [0.2, 0.25) is 0 Å². The van der Waals surface area contributed by atoms with Gasteiger partial charge in [0, 0.05) is 72.7 Å². The molecule has 0 aliphatic carbocycles. The van der Waals surface area contributed by atoms with Gasteiger partial charge in [-0.3, -0.25) is 29.8 Å². The lowest BCUT2D eigenvalue weighted by Gasteiger charge is -2.38. The molecule has 0 saturated carbocycles. The zero-order valence-corrected chi connectivity index (χ0v) is 49.4. The number of ether oxygens (including phenoxy) is 3. The summed E-state index contributed by atoms with van der Waals surface area (Å²) in [6, 6.07) is 38.9. The molecule has 0 saturated heterocycles. The normalized spacial score (nSPS) is 11.7. The number of ketones is 1. The highest BCUT2D eigenvalue weighted by molar-refractivity contribution is 6.11. The number of Topliss-reactive ketones (excluding diaryl/α,β-unsaturated/α-hetero) is 1. The van der Waals surface area contributed by atoms with Crippen LogP contribution in [0.4, 0.5) is 83.2 Å². The van der Waals surface area contributed by atoms with Crippen molar-refractivity contribution in [2.45, 2.75) is 38.5 Å². The van der Waals surface area contributed by atoms with Gasteiger partial charge in [0.25, 0.3) is 17.3 Å². The van der Waals surface area contributed by atoms with Crippen molar-refractivity contribution in [3.63, 3.8) is 0 Å². The Morgan fingerprint density at radius 3 is 1.20 bits per heavy atom. The Hall–Kier alpha value is -11.4. The van der Waals surface area contributed by atoms with Crippen LogP contribution in [0.5, 0.6) is 11.5 Å². The zero-order chi connectivity index (χ0) is 66.3. The number of nitrogens with one attached hydrogen (secondary N) is 2. The number of anilines is 4. The van der Waals surface area contributed by atoms with E-state index in [2.05, 4.69) is 31.1 Å². The Bertz CT molecular complexity index is 4010. The summed E-state index contributed by atoms with van der Waals surface area (Å²) in [5.41, 5.74) is -4.71. The second kappa shape index (κ2) is 29.3. The SMILES string of the molecule is CCN(CCOC(=O)c1ccc(Oc2ccc(C(=O)OCCN(CC)c3ccc(N=Nc4ccc([N+](=O)[O-])cc4)cc3)c(C(=O)Nc3ccc(C(c4ccc(NC)cc4)(C(F)(F)F)C(F)(F)F)cc3)c2)cc1C(C)=O)c1ccc(N=Nc2ccc([N+](=O)[O-])cc2)cc1. The van der Waals surface area contributed by atoms with Crippen molar-refractivity contribution in [2.75, 3.05) is 66.9 Å². The summed E-state index contributed by atoms with van der Waals surface area (Å²) in [7, 11) is 1.44. The zero-order valence-electron chi connectivity index (χ0n) is 49.4. The van der Waals surface area contributed by atoms with Crippen LogP contribution in [0.15, 0.2) is 202 Å². The van der Waals surface area contributed by atoms with Crippen molar-refractivity contribution >= 4 is 80.5 Å². The highest BCUT2D eigenvalue weighted by Crippen LogP contribution is 2.56. The predicted octanol–water partition coefficient (Wildman–Crippen LogP) is 16.4. The highest BCUT2D eigenvalue weighted by Gasteiger charge is 2.72. The summed E-state index contributed by atoms with van der Waals surface area (Å²) in [5, 5.41) is 43.7. The van der Waals surface area contributed by atoms with Gasteiger partial charge in [-0.25, -0.2) is 9.59 Å². The summed E-state index contributed by atoms with van der Waals surface area (Å²) in [4.78, 5) is 79.6. The number of benzene rings is 8. The first-order valence-corrected chi connectivity index (χ1v) is 28.1. The molecule has 0 spiro atoms. The van der Waals surface area contributed by atoms with Gasteiger partial charge in [-0.1, -0.05) is 24.3 Å². The fourth-order valence-corrected chi connectivity index (χ4v) is 9.58. The minimum atomic E-state index is -5.90. The van der Waals surface area contributed by atoms with Crippen LogP contribution in [0.3, 0.4) is 0 Å². The van der Waals surface area contributed by atoms with Gasteiger partial charge in [-0.2, -0.15) is 46.8 Å². The van der Waals surface area contributed by atoms with Crippen molar-refractivity contribution in [3.8, 4) is 11.5 Å². The molecule has 1 amide bonds. The average molecular weight is 1270 g/mol. The van der Waals surface area contributed by atoms with Crippen molar-refractivity contribution < 1.29 is 69.6 Å². The van der Waals surface area contributed by atoms with Crippen LogP contribution >= 0.6 is 0 Å². The van der Waals surface area contributed by atoms with E-state index in [4.69, 9.17) is 14.2 Å². The summed E-state index contributed by atoms with van der Waals surface area (Å²) < 4.78 is 107. The molecule has 0 aliphatic heterocycles. The summed E-state index contributed by atoms with van der Waals surface area (Å²) in [5.74, 6) is -3.59. The molecule has 8 rings (SSSR count). The monoisotopic (exact) mass is 1270 g/mol. The Labute approximate surface area is 521 Å². The molecule has 92 heavy (non-hydrogen) atoms. The quantitative estimate of drug-likeness (QED) is 0.0128. The van der Waals surface area contributed by atoms with Crippen LogP contribution in [0.1, 0.15) is 73.3 Å². The van der Waals surface area contributed by atoms with E-state index in [1.165, 1.54) is 92.8 Å². The van der Waals surface area contributed by atoms with Gasteiger partial charge in [-0.05, 0) is 165 Å². The number of nitro groups is 2. The number of esters is 2. The van der Waals surface area contributed by atoms with Gasteiger partial charge in [0.2, 0.25) is 5.41 Å². The third kappa shape index (κ3) is 15.9. The Morgan fingerprint density at radius 2 is 0.848 bits per heavy atom. The van der Waals surface area contributed by atoms with E-state index < -0.39 is 67.9 Å². The third-order valence-corrected chi connectivity index (χ3v) is 14.4. The summed E-state index contributed by atoms with van der Waals surface area (Å²) in [6.07, 6.45) is -11.8. The number of hydrogen-bond donors (Lipinski definition) is 2. The smallest absolute Gasteiger partial charge is 0.411 e. The van der Waals surface area contributed by atoms with Crippen LogP contribution in [0, 0.1) is 20.2 Å². The topological polar surface area (TPSA) is 262 Å². The number of rotatable bonds is 26. The number of hydrogen-bond acceptors (Lipinski definition) is 18. The van der Waals surface area contributed by atoms with E-state index >= 15 is 26.3 Å². The molecule has 0 unspecified atom stereocenters. The van der Waals surface area contributed by atoms with Crippen molar-refractivity contribution in [2.24, 2.45) is 20.5 Å². The van der Waals surface area contributed by atoms with Gasteiger partial charge in [0.05, 0.1) is 62.4 Å². The number of nitrogens with zero attached hydrogens (tertiary/aromatic N) is 8. The number of amides is 1. The van der Waals surface area contributed by atoms with Crippen LogP contribution in [-0.2, 0) is 14.9 Å². The molecule has 21 nitrogen and oxygen atoms in total. The Balaban J connectivity index is 0.989. The molecule has 0 bridgehead atoms. The van der Waals surface area contributed by atoms with Crippen LogP contribution in [0.25, 0.3) is 0 Å². The van der Waals surface area contributed by atoms with Crippen molar-refractivity contribution in [1.29, 1.82) is 0 Å². The van der Waals surface area contributed by atoms with E-state index in [0.717, 1.165) is 48.2 Å². The van der Waals surface area contributed by atoms with Crippen LogP contribution < -0.4 is 25.2 Å². The molecule has 0 atom stereocenters. The molecular formula is C65H56F6N10O11. The molecule has 8 aromatic rings. The minimum absolute atomic E-state index is 0.0180. The van der Waals surface area contributed by atoms with Gasteiger partial charge in [0.15, 0.2) is 5.78 Å². The lowest BCUT2D eigenvalue weighted by Crippen LogP contribution is -2.54. The van der Waals surface area contributed by atoms with E-state index in [1.807, 2.05) is 23.6 Å². The minimum Gasteiger partial charge on any atom is -0.460 e. The highest BCUT2D eigenvalue weighted by atomic mass is 19.4. The fourth-order valence-electron chi connectivity index (χ4n) is 9.58. The van der Waals surface area contributed by atoms with E-state index in [-0.39, 0.29) is 77.2 Å². The third-order valence-electron chi connectivity index (χ3n) is 14.4. The Kier molecular flexibility index (Phi) is 21.2. The second-order valence-electron chi connectivity index (χ2n) is 20.1. The number of carbonyl (C=O) groups is 4. The number of nitro benzene ring substituents is 2. The first kappa shape index (κ1) is 66.6. The van der Waals surface area contributed by atoms with E-state index in [0.29, 0.717) is 53.7 Å². The number of azo groups is 2. The van der Waals surface area contributed by atoms with E-state index in [1.54, 1.807) is 48.5 Å². The second-order valence-corrected chi connectivity index (χ2v) is 20.1. The molecule has 2 N–H and O–H groups in total. The molecule has 0 aliphatic rings. The van der Waals surface area contributed by atoms with Gasteiger partial charge >= 0.3 is 24.3 Å². The molecule has 0 fully saturated rings. The lowest BCUT2D eigenvalue weighted by molar-refractivity contribution is -0.385. The first-order chi connectivity index (χ1) is 43.9. The average Bonchev–Trinajstić information content (AvgIpc) is 0.719. The van der Waals surface area contributed by atoms with Gasteiger partial charge < -0.3 is 34.6 Å². The molecule has 0 heterocycles. The standard InChI is InChI=1S/C65H56F6N10O11/c1-5-78(50-23-15-46(16-24-50)74-76-48-19-27-52(28-20-48)80(86)87)35-37-90-61(84)56-33-31-54(39-58(56)41(3)82)92-55-32-34-57(62(85)91-38-36-79(6-2)51-25-17-47(18-26-51)75-77-49-21-29-53(30-22-49)81(88)89)59(40-55)60(83)73-45-13-9-43(10-14-45)63(64(66,67)68,65(69,70)71)42-7-11-44(72-4)12-8-42/h7-34,39-40,72H,5-6,35-38H2,1-4H3,(H,73,83). The summed E-state index contributed by atoms with van der Waals surface area (Å²) >= 11 is 0. The van der Waals surface area contributed by atoms with Crippen molar-refractivity contribution in [1.82, 2.24) is 0 Å². The maximum atomic E-state index is 15.0. The van der Waals surface area contributed by atoms with E-state index in [9.17, 15) is 39.4 Å². The molecule has 474 valence electrons. The molecule has 27 heteroatoms. The fraction of sp³-hybridized carbons (Fsp3) is 0.200. The summed E-state index contributed by atoms with van der Waals surface area (Å²) in [6.45, 7) is 5.95. The van der Waals surface area contributed by atoms with Gasteiger partial charge in [-0.15, -0.1) is 0 Å². The number of halogens is 6. The maximum Gasteiger partial charge on any atom is 0.411 e. The number of carbonyl (C=O) groups excluding carboxylic acids is 4. The van der Waals surface area contributed by atoms with Crippen LogP contribution in [-0.4, -0.2) is 92.3 Å². The maximum absolute atomic E-state index is 15.0. The molecule has 0 aromatic heterocycles. The number of alkyl halides is 6. The number of likely N-dealkylation sites (N-methyl/N-ethyl adjacent to an activating group) is 2.